The lowest BCUT2D eigenvalue weighted by Crippen LogP contribution is -2.32. The molecule has 0 aromatic rings. The fraction of sp³-hybridized carbons (Fsp3) is 0.900. The molecule has 3 N–H and O–H groups in total. The number of rotatable bonds is 7. The smallest absolute Gasteiger partial charge is 0.233 e. The molecule has 0 aliphatic heterocycles. The predicted octanol–water partition coefficient (Wildman–Crippen LogP) is 0.631. The van der Waals surface area contributed by atoms with E-state index < -0.39 is 0 Å². The summed E-state index contributed by atoms with van der Waals surface area (Å²) in [5, 5.41) is 0. The van der Waals surface area contributed by atoms with Crippen LogP contribution in [-0.2, 0) is 4.79 Å². The van der Waals surface area contributed by atoms with Gasteiger partial charge in [-0.3, -0.25) is 10.2 Å². The first-order chi connectivity index (χ1) is 6.77. The first-order valence-corrected chi connectivity index (χ1v) is 5.51. The van der Waals surface area contributed by atoms with Crippen LogP contribution in [0.1, 0.15) is 39.0 Å². The Bertz CT molecular complexity index is 180. The first kappa shape index (κ1) is 11.5. The minimum absolute atomic E-state index is 0.0581. The third kappa shape index (κ3) is 4.07. The highest BCUT2D eigenvalue weighted by molar-refractivity contribution is 5.75. The largest absolute Gasteiger partial charge is 0.300 e. The summed E-state index contributed by atoms with van der Waals surface area (Å²) in [4.78, 5) is 13.4. The zero-order valence-corrected chi connectivity index (χ0v) is 8.96. The fourth-order valence-electron chi connectivity index (χ4n) is 1.72. The van der Waals surface area contributed by atoms with Crippen LogP contribution in [0.3, 0.4) is 0 Å². The van der Waals surface area contributed by atoms with E-state index >= 15 is 0 Å². The second kappa shape index (κ2) is 5.98. The molecule has 0 atom stereocenters. The molecule has 1 aliphatic carbocycles. The fourth-order valence-corrected chi connectivity index (χ4v) is 1.72. The molecule has 0 heterocycles. The highest BCUT2D eigenvalue weighted by Crippen LogP contribution is 2.26. The Morgan fingerprint density at radius 1 is 1.50 bits per heavy atom. The monoisotopic (exact) mass is 199 g/mol. The standard InChI is InChI=1S/C10H21N3O/c1-2-7-13(9-5-6-9)8-3-4-10(14)12-11/h9H,2-8,11H2,1H3,(H,12,14). The Hall–Kier alpha value is -0.610. The van der Waals surface area contributed by atoms with E-state index in [9.17, 15) is 4.79 Å². The maximum Gasteiger partial charge on any atom is 0.233 e. The second-order valence-electron chi connectivity index (χ2n) is 3.94. The van der Waals surface area contributed by atoms with Crippen molar-refractivity contribution >= 4 is 5.91 Å². The van der Waals surface area contributed by atoms with Crippen molar-refractivity contribution in [3.8, 4) is 0 Å². The number of carbonyl (C=O) groups is 1. The average molecular weight is 199 g/mol. The van der Waals surface area contributed by atoms with Crippen molar-refractivity contribution in [1.29, 1.82) is 0 Å². The van der Waals surface area contributed by atoms with Gasteiger partial charge in [0, 0.05) is 12.5 Å². The van der Waals surface area contributed by atoms with E-state index in [1.54, 1.807) is 0 Å². The summed E-state index contributed by atoms with van der Waals surface area (Å²) in [7, 11) is 0. The summed E-state index contributed by atoms with van der Waals surface area (Å²) >= 11 is 0. The molecule has 14 heavy (non-hydrogen) atoms. The maximum absolute atomic E-state index is 10.9. The molecule has 0 bridgehead atoms. The van der Waals surface area contributed by atoms with Gasteiger partial charge >= 0.3 is 0 Å². The molecule has 1 saturated carbocycles. The van der Waals surface area contributed by atoms with Crippen LogP contribution in [0.2, 0.25) is 0 Å². The molecule has 82 valence electrons. The van der Waals surface area contributed by atoms with Crippen molar-refractivity contribution in [3.63, 3.8) is 0 Å². The molecular weight excluding hydrogens is 178 g/mol. The van der Waals surface area contributed by atoms with Gasteiger partial charge < -0.3 is 4.90 Å². The molecule has 0 aromatic heterocycles. The number of carbonyl (C=O) groups excluding carboxylic acids is 1. The highest BCUT2D eigenvalue weighted by atomic mass is 16.2. The maximum atomic E-state index is 10.9. The average Bonchev–Trinajstić information content (AvgIpc) is 2.99. The summed E-state index contributed by atoms with van der Waals surface area (Å²) in [5.41, 5.74) is 2.16. The number of hydrazine groups is 1. The number of nitrogens with zero attached hydrogens (tertiary/aromatic N) is 1. The summed E-state index contributed by atoms with van der Waals surface area (Å²) < 4.78 is 0. The molecular formula is C10H21N3O. The summed E-state index contributed by atoms with van der Waals surface area (Å²) in [5.74, 6) is 4.95. The van der Waals surface area contributed by atoms with Crippen LogP contribution in [0.5, 0.6) is 0 Å². The molecule has 0 spiro atoms. The Morgan fingerprint density at radius 2 is 2.21 bits per heavy atom. The molecule has 0 aromatic carbocycles. The number of hydrogen-bond donors (Lipinski definition) is 2. The van der Waals surface area contributed by atoms with Gasteiger partial charge in [0.15, 0.2) is 0 Å². The summed E-state index contributed by atoms with van der Waals surface area (Å²) in [6, 6.07) is 0.802. The van der Waals surface area contributed by atoms with Gasteiger partial charge in [-0.05, 0) is 38.8 Å². The highest BCUT2D eigenvalue weighted by Gasteiger charge is 2.27. The van der Waals surface area contributed by atoms with Crippen molar-refractivity contribution in [2.75, 3.05) is 13.1 Å². The zero-order chi connectivity index (χ0) is 10.4. The third-order valence-corrected chi connectivity index (χ3v) is 2.58. The molecule has 1 fully saturated rings. The van der Waals surface area contributed by atoms with Crippen LogP contribution in [0.25, 0.3) is 0 Å². The lowest BCUT2D eigenvalue weighted by molar-refractivity contribution is -0.121. The van der Waals surface area contributed by atoms with Gasteiger partial charge in [0.25, 0.3) is 0 Å². The van der Waals surface area contributed by atoms with E-state index in [-0.39, 0.29) is 5.91 Å². The Labute approximate surface area is 85.8 Å². The van der Waals surface area contributed by atoms with Gasteiger partial charge in [-0.15, -0.1) is 0 Å². The summed E-state index contributed by atoms with van der Waals surface area (Å²) in [6.07, 6.45) is 5.33. The van der Waals surface area contributed by atoms with Crippen LogP contribution < -0.4 is 11.3 Å². The first-order valence-electron chi connectivity index (χ1n) is 5.51. The minimum Gasteiger partial charge on any atom is -0.300 e. The van der Waals surface area contributed by atoms with Gasteiger partial charge in [0.05, 0.1) is 0 Å². The number of amides is 1. The second-order valence-corrected chi connectivity index (χ2v) is 3.94. The van der Waals surface area contributed by atoms with Crippen molar-refractivity contribution in [2.24, 2.45) is 5.84 Å². The van der Waals surface area contributed by atoms with Gasteiger partial charge in [-0.25, -0.2) is 5.84 Å². The molecule has 0 unspecified atom stereocenters. The van der Waals surface area contributed by atoms with Crippen LogP contribution >= 0.6 is 0 Å². The molecule has 0 saturated heterocycles. The topological polar surface area (TPSA) is 58.4 Å². The van der Waals surface area contributed by atoms with Gasteiger partial charge in [0.1, 0.15) is 0 Å². The van der Waals surface area contributed by atoms with Crippen LogP contribution in [0.15, 0.2) is 0 Å². The van der Waals surface area contributed by atoms with Crippen LogP contribution in [-0.4, -0.2) is 29.9 Å². The third-order valence-electron chi connectivity index (χ3n) is 2.58. The Morgan fingerprint density at radius 3 is 2.71 bits per heavy atom. The quantitative estimate of drug-likeness (QED) is 0.359. The SMILES string of the molecule is CCCN(CCCC(=O)NN)C1CC1. The predicted molar refractivity (Wildman–Crippen MR) is 56.5 cm³/mol. The molecule has 1 amide bonds. The number of nitrogens with one attached hydrogen (secondary N) is 1. The molecule has 1 aliphatic rings. The zero-order valence-electron chi connectivity index (χ0n) is 8.96. The van der Waals surface area contributed by atoms with Crippen molar-refractivity contribution < 1.29 is 4.79 Å². The van der Waals surface area contributed by atoms with Crippen LogP contribution in [0, 0.1) is 0 Å². The lowest BCUT2D eigenvalue weighted by atomic mass is 10.2. The number of hydrogen-bond acceptors (Lipinski definition) is 3. The Balaban J connectivity index is 2.10. The van der Waals surface area contributed by atoms with E-state index in [0.717, 1.165) is 25.6 Å². The van der Waals surface area contributed by atoms with Gasteiger partial charge in [-0.1, -0.05) is 6.92 Å². The molecule has 4 nitrogen and oxygen atoms in total. The van der Waals surface area contributed by atoms with Crippen LogP contribution in [0.4, 0.5) is 0 Å². The molecule has 1 rings (SSSR count). The van der Waals surface area contributed by atoms with E-state index in [2.05, 4.69) is 17.2 Å². The van der Waals surface area contributed by atoms with E-state index in [1.165, 1.54) is 19.3 Å². The molecule has 0 radical (unpaired) electrons. The summed E-state index contributed by atoms with van der Waals surface area (Å²) in [6.45, 7) is 4.39. The molecule has 4 heteroatoms. The van der Waals surface area contributed by atoms with Crippen molar-refractivity contribution in [3.05, 3.63) is 0 Å². The van der Waals surface area contributed by atoms with E-state index in [0.29, 0.717) is 6.42 Å². The Kier molecular flexibility index (Phi) is 4.90. The number of nitrogens with two attached hydrogens (primary N) is 1. The minimum atomic E-state index is -0.0581. The van der Waals surface area contributed by atoms with Gasteiger partial charge in [0.2, 0.25) is 5.91 Å². The lowest BCUT2D eigenvalue weighted by Gasteiger charge is -2.20. The van der Waals surface area contributed by atoms with Crippen molar-refractivity contribution in [1.82, 2.24) is 10.3 Å². The van der Waals surface area contributed by atoms with E-state index in [1.807, 2.05) is 0 Å². The normalized spacial score (nSPS) is 15.9. The van der Waals surface area contributed by atoms with Gasteiger partial charge in [-0.2, -0.15) is 0 Å². The van der Waals surface area contributed by atoms with E-state index in [4.69, 9.17) is 5.84 Å². The van der Waals surface area contributed by atoms with Crippen molar-refractivity contribution in [2.45, 2.75) is 45.1 Å².